The number of hydrogen-bond donors (Lipinski definition) is 1. The molecule has 0 bridgehead atoms. The maximum absolute atomic E-state index is 10.8. The van der Waals surface area contributed by atoms with Crippen molar-refractivity contribution in [1.82, 2.24) is 4.98 Å². The van der Waals surface area contributed by atoms with Crippen molar-refractivity contribution in [2.24, 2.45) is 0 Å². The summed E-state index contributed by atoms with van der Waals surface area (Å²) in [6, 6.07) is 5.60. The van der Waals surface area contributed by atoms with E-state index in [0.29, 0.717) is 18.0 Å². The largest absolute Gasteiger partial charge is 0.383 e. The molecule has 0 aromatic carbocycles. The average Bonchev–Trinajstić information content (AvgIpc) is 2.24. The van der Waals surface area contributed by atoms with Gasteiger partial charge in [0.05, 0.1) is 5.69 Å². The van der Waals surface area contributed by atoms with Crippen LogP contribution >= 0.6 is 0 Å². The van der Waals surface area contributed by atoms with Crippen LogP contribution in [-0.4, -0.2) is 27.7 Å². The fourth-order valence-electron chi connectivity index (χ4n) is 1.14. The van der Waals surface area contributed by atoms with Crippen LogP contribution < -0.4 is 5.32 Å². The Morgan fingerprint density at radius 2 is 2.47 bits per heavy atom. The van der Waals surface area contributed by atoms with Crippen LogP contribution in [0.3, 0.4) is 0 Å². The summed E-state index contributed by atoms with van der Waals surface area (Å²) in [5.74, 6) is 0.676. The Kier molecular flexibility index (Phi) is 4.78. The van der Waals surface area contributed by atoms with E-state index >= 15 is 0 Å². The van der Waals surface area contributed by atoms with Gasteiger partial charge in [0.25, 0.3) is 0 Å². The minimum absolute atomic E-state index is 0.398. The number of hydrogen-bond acceptors (Lipinski definition) is 4. The lowest BCUT2D eigenvalue weighted by Crippen LogP contribution is -2.07. The van der Waals surface area contributed by atoms with Gasteiger partial charge in [-0.25, -0.2) is 4.98 Å². The second-order valence-corrected chi connectivity index (χ2v) is 4.62. The molecule has 0 aliphatic rings. The van der Waals surface area contributed by atoms with Crippen LogP contribution in [0.5, 0.6) is 0 Å². The Labute approximate surface area is 91.8 Å². The minimum atomic E-state index is -0.751. The predicted octanol–water partition coefficient (Wildman–Crippen LogP) is 1.13. The van der Waals surface area contributed by atoms with Crippen molar-refractivity contribution >= 4 is 16.5 Å². The molecule has 1 rings (SSSR count). The van der Waals surface area contributed by atoms with Gasteiger partial charge in [-0.3, -0.25) is 4.21 Å². The van der Waals surface area contributed by atoms with Gasteiger partial charge < -0.3 is 5.32 Å². The Morgan fingerprint density at radius 1 is 1.67 bits per heavy atom. The van der Waals surface area contributed by atoms with E-state index in [1.807, 2.05) is 12.1 Å². The number of anilines is 1. The molecule has 0 saturated carbocycles. The fourth-order valence-corrected chi connectivity index (χ4v) is 1.69. The van der Waals surface area contributed by atoms with Gasteiger partial charge in [-0.15, -0.1) is 0 Å². The third kappa shape index (κ3) is 4.09. The van der Waals surface area contributed by atoms with Gasteiger partial charge in [0.2, 0.25) is 0 Å². The van der Waals surface area contributed by atoms with Crippen molar-refractivity contribution in [1.29, 1.82) is 5.26 Å². The topological polar surface area (TPSA) is 65.8 Å². The molecule has 1 aromatic heterocycles. The first-order chi connectivity index (χ1) is 7.24. The zero-order valence-electron chi connectivity index (χ0n) is 8.56. The van der Waals surface area contributed by atoms with Crippen molar-refractivity contribution < 1.29 is 4.21 Å². The molecule has 1 unspecified atom stereocenters. The molecule has 0 amide bonds. The van der Waals surface area contributed by atoms with E-state index in [9.17, 15) is 4.21 Å². The highest BCUT2D eigenvalue weighted by Gasteiger charge is 2.00. The van der Waals surface area contributed by atoms with Crippen molar-refractivity contribution in [3.63, 3.8) is 0 Å². The summed E-state index contributed by atoms with van der Waals surface area (Å²) in [5.41, 5.74) is 1.14. The second kappa shape index (κ2) is 6.14. The molecule has 1 heterocycles. The Balaban J connectivity index is 2.44. The van der Waals surface area contributed by atoms with Crippen LogP contribution in [0.1, 0.15) is 12.1 Å². The van der Waals surface area contributed by atoms with Crippen molar-refractivity contribution in [3.05, 3.63) is 24.0 Å². The summed E-state index contributed by atoms with van der Waals surface area (Å²) in [5, 5.41) is 11.9. The number of nitrogens with zero attached hydrogens (tertiary/aromatic N) is 2. The summed E-state index contributed by atoms with van der Waals surface area (Å²) in [4.78, 5) is 3.93. The van der Waals surface area contributed by atoms with Crippen molar-refractivity contribution in [2.45, 2.75) is 6.42 Å². The minimum Gasteiger partial charge on any atom is -0.383 e. The number of pyridine rings is 1. The lowest BCUT2D eigenvalue weighted by Gasteiger charge is -2.05. The van der Waals surface area contributed by atoms with E-state index < -0.39 is 10.8 Å². The van der Waals surface area contributed by atoms with Gasteiger partial charge in [0.15, 0.2) is 5.69 Å². The second-order valence-electron chi connectivity index (χ2n) is 3.07. The highest BCUT2D eigenvalue weighted by atomic mass is 32.2. The molecule has 0 saturated heterocycles. The van der Waals surface area contributed by atoms with E-state index in [0.717, 1.165) is 12.1 Å². The SMILES string of the molecule is CS(=O)CCCNc1cccnc1C#N. The van der Waals surface area contributed by atoms with Crippen LogP contribution in [0.15, 0.2) is 18.3 Å². The molecule has 0 radical (unpaired) electrons. The first-order valence-electron chi connectivity index (χ1n) is 4.63. The number of nitrogens with one attached hydrogen (secondary N) is 1. The molecule has 0 spiro atoms. The van der Waals surface area contributed by atoms with Gasteiger partial charge >= 0.3 is 0 Å². The van der Waals surface area contributed by atoms with E-state index in [1.54, 1.807) is 18.5 Å². The molecule has 0 fully saturated rings. The standard InChI is InChI=1S/C10H13N3OS/c1-15(14)7-3-6-12-9-4-2-5-13-10(9)8-11/h2,4-5,12H,3,6-7H2,1H3. The van der Waals surface area contributed by atoms with Gasteiger partial charge in [-0.1, -0.05) is 0 Å². The number of aromatic nitrogens is 1. The summed E-state index contributed by atoms with van der Waals surface area (Å²) in [7, 11) is -0.751. The van der Waals surface area contributed by atoms with Crippen molar-refractivity contribution in [2.75, 3.05) is 23.9 Å². The zero-order valence-corrected chi connectivity index (χ0v) is 9.38. The van der Waals surface area contributed by atoms with Crippen LogP contribution in [0.4, 0.5) is 5.69 Å². The molecule has 4 nitrogen and oxygen atoms in total. The molecule has 0 aliphatic carbocycles. The molecular weight excluding hydrogens is 210 g/mol. The smallest absolute Gasteiger partial charge is 0.163 e. The first kappa shape index (κ1) is 11.7. The number of rotatable bonds is 5. The van der Waals surface area contributed by atoms with Gasteiger partial charge in [0, 0.05) is 35.5 Å². The lowest BCUT2D eigenvalue weighted by atomic mass is 10.3. The maximum atomic E-state index is 10.8. The van der Waals surface area contributed by atoms with E-state index in [-0.39, 0.29) is 0 Å². The number of nitriles is 1. The molecule has 1 N–H and O–H groups in total. The van der Waals surface area contributed by atoms with E-state index in [2.05, 4.69) is 10.3 Å². The normalized spacial score (nSPS) is 11.7. The fraction of sp³-hybridized carbons (Fsp3) is 0.400. The monoisotopic (exact) mass is 223 g/mol. The van der Waals surface area contributed by atoms with Gasteiger partial charge in [-0.2, -0.15) is 5.26 Å². The molecule has 80 valence electrons. The summed E-state index contributed by atoms with van der Waals surface area (Å²) in [6.07, 6.45) is 4.10. The van der Waals surface area contributed by atoms with E-state index in [1.165, 1.54) is 0 Å². The molecule has 5 heteroatoms. The molecule has 15 heavy (non-hydrogen) atoms. The first-order valence-corrected chi connectivity index (χ1v) is 6.36. The van der Waals surface area contributed by atoms with Crippen LogP contribution in [0, 0.1) is 11.3 Å². The Bertz CT molecular complexity index is 386. The van der Waals surface area contributed by atoms with Crippen LogP contribution in [-0.2, 0) is 10.8 Å². The molecule has 1 aromatic rings. The quantitative estimate of drug-likeness (QED) is 0.760. The van der Waals surface area contributed by atoms with Gasteiger partial charge in [0.1, 0.15) is 6.07 Å². The highest BCUT2D eigenvalue weighted by Crippen LogP contribution is 2.10. The third-order valence-electron chi connectivity index (χ3n) is 1.84. The Hall–Kier alpha value is -1.41. The summed E-state index contributed by atoms with van der Waals surface area (Å²) >= 11 is 0. The lowest BCUT2D eigenvalue weighted by molar-refractivity contribution is 0.685. The molecule has 0 aliphatic heterocycles. The zero-order chi connectivity index (χ0) is 11.1. The molecular formula is C10H13N3OS. The Morgan fingerprint density at radius 3 is 3.13 bits per heavy atom. The van der Waals surface area contributed by atoms with Gasteiger partial charge in [-0.05, 0) is 18.6 Å². The average molecular weight is 223 g/mol. The summed E-state index contributed by atoms with van der Waals surface area (Å²) < 4.78 is 10.8. The third-order valence-corrected chi connectivity index (χ3v) is 2.70. The molecule has 1 atom stereocenters. The van der Waals surface area contributed by atoms with Crippen LogP contribution in [0.25, 0.3) is 0 Å². The van der Waals surface area contributed by atoms with Crippen LogP contribution in [0.2, 0.25) is 0 Å². The highest BCUT2D eigenvalue weighted by molar-refractivity contribution is 7.84. The van der Waals surface area contributed by atoms with E-state index in [4.69, 9.17) is 5.26 Å². The maximum Gasteiger partial charge on any atom is 0.163 e. The summed E-state index contributed by atoms with van der Waals surface area (Å²) in [6.45, 7) is 0.708. The van der Waals surface area contributed by atoms with Crippen molar-refractivity contribution in [3.8, 4) is 6.07 Å². The predicted molar refractivity (Wildman–Crippen MR) is 61.0 cm³/mol.